The van der Waals surface area contributed by atoms with Crippen molar-refractivity contribution in [2.45, 2.75) is 30.9 Å². The second kappa shape index (κ2) is 4.39. The summed E-state index contributed by atoms with van der Waals surface area (Å²) in [4.78, 5) is 0. The fourth-order valence-electron chi connectivity index (χ4n) is 2.21. The molecule has 0 bridgehead atoms. The van der Waals surface area contributed by atoms with Crippen LogP contribution in [0.1, 0.15) is 25.7 Å². The Morgan fingerprint density at radius 1 is 1.33 bits per heavy atom. The van der Waals surface area contributed by atoms with Crippen molar-refractivity contribution in [3.63, 3.8) is 0 Å². The lowest BCUT2D eigenvalue weighted by molar-refractivity contribution is 0.118. The van der Waals surface area contributed by atoms with Crippen molar-refractivity contribution in [2.24, 2.45) is 5.92 Å². The number of piperidine rings is 1. The first-order valence-corrected chi connectivity index (χ1v) is 7.13. The Balaban J connectivity index is 1.97. The Kier molecular flexibility index (Phi) is 3.33. The summed E-state index contributed by atoms with van der Waals surface area (Å²) in [5.41, 5.74) is 0. The minimum atomic E-state index is -2.96. The maximum atomic E-state index is 12.0. The van der Waals surface area contributed by atoms with Gasteiger partial charge in [-0.25, -0.2) is 12.7 Å². The van der Waals surface area contributed by atoms with Crippen LogP contribution in [0, 0.1) is 5.92 Å². The van der Waals surface area contributed by atoms with Gasteiger partial charge < -0.3 is 4.74 Å². The summed E-state index contributed by atoms with van der Waals surface area (Å²) in [6.45, 7) is 2.04. The summed E-state index contributed by atoms with van der Waals surface area (Å²) in [6, 6.07) is 0. The Labute approximate surface area is 91.6 Å². The molecule has 1 heterocycles. The highest BCUT2D eigenvalue weighted by Crippen LogP contribution is 2.33. The van der Waals surface area contributed by atoms with Crippen LogP contribution in [-0.2, 0) is 14.8 Å². The fourth-order valence-corrected chi connectivity index (χ4v) is 4.16. The van der Waals surface area contributed by atoms with Crippen molar-refractivity contribution in [1.29, 1.82) is 0 Å². The van der Waals surface area contributed by atoms with Crippen LogP contribution in [0.4, 0.5) is 0 Å². The van der Waals surface area contributed by atoms with Crippen molar-refractivity contribution in [1.82, 2.24) is 4.31 Å². The highest BCUT2D eigenvalue weighted by Gasteiger charge is 2.41. The molecule has 1 saturated heterocycles. The Bertz CT molecular complexity index is 309. The number of hydrogen-bond donors (Lipinski definition) is 0. The highest BCUT2D eigenvalue weighted by molar-refractivity contribution is 7.90. The molecule has 1 saturated carbocycles. The molecule has 0 aromatic rings. The van der Waals surface area contributed by atoms with E-state index >= 15 is 0 Å². The van der Waals surface area contributed by atoms with Gasteiger partial charge in [0, 0.05) is 20.2 Å². The number of hydrogen-bond acceptors (Lipinski definition) is 3. The molecule has 0 amide bonds. The van der Waals surface area contributed by atoms with E-state index in [0.717, 1.165) is 25.7 Å². The first-order valence-electron chi connectivity index (χ1n) is 5.62. The molecule has 1 atom stereocenters. The van der Waals surface area contributed by atoms with Gasteiger partial charge >= 0.3 is 0 Å². The van der Waals surface area contributed by atoms with E-state index in [9.17, 15) is 8.42 Å². The predicted octanol–water partition coefficient (Wildman–Crippen LogP) is 0.837. The summed E-state index contributed by atoms with van der Waals surface area (Å²) in [7, 11) is -1.29. The summed E-state index contributed by atoms with van der Waals surface area (Å²) >= 11 is 0. The molecular weight excluding hydrogens is 214 g/mol. The van der Waals surface area contributed by atoms with Gasteiger partial charge in [0.15, 0.2) is 0 Å². The topological polar surface area (TPSA) is 46.6 Å². The molecule has 1 unspecified atom stereocenters. The molecule has 15 heavy (non-hydrogen) atoms. The van der Waals surface area contributed by atoms with Gasteiger partial charge in [0.2, 0.25) is 10.0 Å². The monoisotopic (exact) mass is 233 g/mol. The molecule has 2 fully saturated rings. The van der Waals surface area contributed by atoms with Crippen molar-refractivity contribution in [3.8, 4) is 0 Å². The van der Waals surface area contributed by atoms with Crippen LogP contribution in [0.2, 0.25) is 0 Å². The van der Waals surface area contributed by atoms with E-state index in [1.807, 2.05) is 0 Å². The van der Waals surface area contributed by atoms with E-state index in [1.165, 1.54) is 0 Å². The normalized spacial score (nSPS) is 29.3. The molecule has 88 valence electrons. The molecule has 0 radical (unpaired) electrons. The minimum absolute atomic E-state index is 0.0706. The van der Waals surface area contributed by atoms with Gasteiger partial charge in [0.1, 0.15) is 0 Å². The van der Waals surface area contributed by atoms with E-state index in [4.69, 9.17) is 4.74 Å². The number of rotatable bonds is 4. The van der Waals surface area contributed by atoms with E-state index in [1.54, 1.807) is 11.4 Å². The molecule has 0 aromatic heterocycles. The lowest BCUT2D eigenvalue weighted by Crippen LogP contribution is -2.42. The molecule has 0 N–H and O–H groups in total. The number of sulfonamides is 1. The standard InChI is InChI=1S/C10H19NO3S/c1-14-8-9-3-2-6-11(7-9)15(12,13)10-4-5-10/h9-10H,2-8H2,1H3. The third-order valence-electron chi connectivity index (χ3n) is 3.19. The first-order chi connectivity index (χ1) is 7.14. The molecule has 5 heteroatoms. The van der Waals surface area contributed by atoms with E-state index < -0.39 is 10.0 Å². The number of nitrogens with zero attached hydrogens (tertiary/aromatic N) is 1. The van der Waals surface area contributed by atoms with Crippen molar-refractivity contribution in [2.75, 3.05) is 26.8 Å². The van der Waals surface area contributed by atoms with Gasteiger partial charge in [-0.1, -0.05) is 0 Å². The van der Waals surface area contributed by atoms with Crippen LogP contribution in [-0.4, -0.2) is 44.8 Å². The Morgan fingerprint density at radius 2 is 2.07 bits per heavy atom. The molecule has 4 nitrogen and oxygen atoms in total. The highest BCUT2D eigenvalue weighted by atomic mass is 32.2. The SMILES string of the molecule is COCC1CCCN(S(=O)(=O)C2CC2)C1. The summed E-state index contributed by atoms with van der Waals surface area (Å²) in [5, 5.41) is -0.0706. The van der Waals surface area contributed by atoms with Gasteiger partial charge in [-0.15, -0.1) is 0 Å². The van der Waals surface area contributed by atoms with Crippen LogP contribution in [0.25, 0.3) is 0 Å². The summed E-state index contributed by atoms with van der Waals surface area (Å²) < 4.78 is 30.7. The second-order valence-electron chi connectivity index (χ2n) is 4.57. The van der Waals surface area contributed by atoms with Crippen molar-refractivity contribution >= 4 is 10.0 Å². The average Bonchev–Trinajstić information content (AvgIpc) is 3.02. The van der Waals surface area contributed by atoms with E-state index in [0.29, 0.717) is 25.6 Å². The number of methoxy groups -OCH3 is 1. The zero-order valence-corrected chi connectivity index (χ0v) is 10.0. The van der Waals surface area contributed by atoms with Crippen molar-refractivity contribution in [3.05, 3.63) is 0 Å². The molecule has 1 aliphatic carbocycles. The molecule has 2 aliphatic rings. The van der Waals surface area contributed by atoms with Gasteiger partial charge in [0.05, 0.1) is 11.9 Å². The third-order valence-corrected chi connectivity index (χ3v) is 5.55. The number of ether oxygens (including phenoxy) is 1. The zero-order chi connectivity index (χ0) is 10.9. The maximum absolute atomic E-state index is 12.0. The van der Waals surface area contributed by atoms with Gasteiger partial charge in [0.25, 0.3) is 0 Å². The van der Waals surface area contributed by atoms with Crippen LogP contribution < -0.4 is 0 Å². The predicted molar refractivity (Wildman–Crippen MR) is 58.1 cm³/mol. The van der Waals surface area contributed by atoms with Crippen molar-refractivity contribution < 1.29 is 13.2 Å². The lowest BCUT2D eigenvalue weighted by atomic mass is 10.0. The second-order valence-corrected chi connectivity index (χ2v) is 6.78. The maximum Gasteiger partial charge on any atom is 0.216 e. The Hall–Kier alpha value is -0.130. The van der Waals surface area contributed by atoms with E-state index in [-0.39, 0.29) is 5.25 Å². The molecule has 2 rings (SSSR count). The minimum Gasteiger partial charge on any atom is -0.384 e. The van der Waals surface area contributed by atoms with Crippen LogP contribution in [0.15, 0.2) is 0 Å². The zero-order valence-electron chi connectivity index (χ0n) is 9.18. The largest absolute Gasteiger partial charge is 0.384 e. The van der Waals surface area contributed by atoms with Crippen LogP contribution in [0.3, 0.4) is 0 Å². The van der Waals surface area contributed by atoms with Gasteiger partial charge in [-0.2, -0.15) is 0 Å². The summed E-state index contributed by atoms with van der Waals surface area (Å²) in [5.74, 6) is 0.386. The van der Waals surface area contributed by atoms with Gasteiger partial charge in [-0.05, 0) is 31.6 Å². The first kappa shape index (κ1) is 11.4. The lowest BCUT2D eigenvalue weighted by Gasteiger charge is -2.31. The molecule has 1 aliphatic heterocycles. The van der Waals surface area contributed by atoms with E-state index in [2.05, 4.69) is 0 Å². The smallest absolute Gasteiger partial charge is 0.216 e. The molecule has 0 aromatic carbocycles. The molecule has 0 spiro atoms. The molecular formula is C10H19NO3S. The Morgan fingerprint density at radius 3 is 2.67 bits per heavy atom. The fraction of sp³-hybridized carbons (Fsp3) is 1.00. The van der Waals surface area contributed by atoms with Crippen LogP contribution in [0.5, 0.6) is 0 Å². The average molecular weight is 233 g/mol. The quantitative estimate of drug-likeness (QED) is 0.723. The van der Waals surface area contributed by atoms with Crippen LogP contribution >= 0.6 is 0 Å². The van der Waals surface area contributed by atoms with Gasteiger partial charge in [-0.3, -0.25) is 0 Å². The summed E-state index contributed by atoms with van der Waals surface area (Å²) in [6.07, 6.45) is 3.77. The third kappa shape index (κ3) is 2.52.